The number of carboxylic acid groups (broad SMARTS) is 1. The first-order valence-corrected chi connectivity index (χ1v) is 6.30. The number of aliphatic carboxylic acids is 1. The Balaban J connectivity index is 2.26. The zero-order valence-corrected chi connectivity index (χ0v) is 10.9. The van der Waals surface area contributed by atoms with E-state index < -0.39 is 11.2 Å². The Hall–Kier alpha value is -1.69. The van der Waals surface area contributed by atoms with Crippen LogP contribution in [0, 0.1) is 0 Å². The van der Waals surface area contributed by atoms with Gasteiger partial charge in [0.25, 0.3) is 5.91 Å². The van der Waals surface area contributed by atoms with E-state index in [4.69, 9.17) is 9.84 Å². The summed E-state index contributed by atoms with van der Waals surface area (Å²) in [5, 5.41) is 8.33. The standard InChI is InChI=1S/C12H13NO4S/c1-7(12(15)16)18-8-3-4-10-9(5-8)13(2)11(14)6-17-10/h3-5,7H,6H2,1-2H3,(H,15,16). The van der Waals surface area contributed by atoms with Crippen molar-refractivity contribution < 1.29 is 19.4 Å². The third-order valence-electron chi connectivity index (χ3n) is 2.68. The smallest absolute Gasteiger partial charge is 0.316 e. The Morgan fingerprint density at radius 2 is 2.28 bits per heavy atom. The minimum Gasteiger partial charge on any atom is -0.482 e. The van der Waals surface area contributed by atoms with E-state index in [1.807, 2.05) is 0 Å². The van der Waals surface area contributed by atoms with E-state index in [-0.39, 0.29) is 12.5 Å². The monoisotopic (exact) mass is 267 g/mol. The number of benzene rings is 1. The summed E-state index contributed by atoms with van der Waals surface area (Å²) in [7, 11) is 1.68. The van der Waals surface area contributed by atoms with Crippen LogP contribution in [-0.2, 0) is 9.59 Å². The highest BCUT2D eigenvalue weighted by Crippen LogP contribution is 2.36. The first-order valence-electron chi connectivity index (χ1n) is 5.42. The van der Waals surface area contributed by atoms with Gasteiger partial charge in [-0.3, -0.25) is 9.59 Å². The predicted octanol–water partition coefficient (Wildman–Crippen LogP) is 1.61. The number of likely N-dealkylation sites (N-methyl/N-ethyl adjacent to an activating group) is 1. The van der Waals surface area contributed by atoms with Gasteiger partial charge in [0, 0.05) is 11.9 Å². The molecule has 96 valence electrons. The lowest BCUT2D eigenvalue weighted by atomic mass is 10.2. The molecule has 1 amide bonds. The van der Waals surface area contributed by atoms with Crippen LogP contribution in [-0.4, -0.2) is 35.9 Å². The molecule has 0 fully saturated rings. The van der Waals surface area contributed by atoms with Crippen molar-refractivity contribution in [3.8, 4) is 5.75 Å². The highest BCUT2D eigenvalue weighted by atomic mass is 32.2. The van der Waals surface area contributed by atoms with Crippen molar-refractivity contribution in [1.82, 2.24) is 0 Å². The highest BCUT2D eigenvalue weighted by Gasteiger charge is 2.23. The average molecular weight is 267 g/mol. The summed E-state index contributed by atoms with van der Waals surface area (Å²) < 4.78 is 5.30. The van der Waals surface area contributed by atoms with Crippen molar-refractivity contribution in [2.24, 2.45) is 0 Å². The molecule has 0 saturated heterocycles. The molecule has 1 heterocycles. The molecule has 1 aliphatic rings. The first-order chi connectivity index (χ1) is 8.49. The molecule has 1 aromatic carbocycles. The fourth-order valence-corrected chi connectivity index (χ4v) is 2.42. The van der Waals surface area contributed by atoms with Crippen molar-refractivity contribution in [2.45, 2.75) is 17.1 Å². The van der Waals surface area contributed by atoms with Crippen LogP contribution < -0.4 is 9.64 Å². The molecule has 1 aliphatic heterocycles. The minimum absolute atomic E-state index is 0.0432. The van der Waals surface area contributed by atoms with Crippen LogP contribution in [0.2, 0.25) is 0 Å². The Kier molecular flexibility index (Phi) is 3.47. The van der Waals surface area contributed by atoms with E-state index in [9.17, 15) is 9.59 Å². The molecule has 2 rings (SSSR count). The van der Waals surface area contributed by atoms with Gasteiger partial charge in [0.1, 0.15) is 11.0 Å². The number of carbonyl (C=O) groups excluding carboxylic acids is 1. The highest BCUT2D eigenvalue weighted by molar-refractivity contribution is 8.00. The molecule has 1 N–H and O–H groups in total. The normalized spacial score (nSPS) is 15.9. The molecule has 1 unspecified atom stereocenters. The van der Waals surface area contributed by atoms with E-state index in [2.05, 4.69) is 0 Å². The van der Waals surface area contributed by atoms with E-state index in [1.165, 1.54) is 16.7 Å². The molecular weight excluding hydrogens is 254 g/mol. The molecule has 0 aliphatic carbocycles. The Labute approximate surface area is 109 Å². The second-order valence-electron chi connectivity index (χ2n) is 3.97. The van der Waals surface area contributed by atoms with Crippen LogP contribution in [0.4, 0.5) is 5.69 Å². The van der Waals surface area contributed by atoms with Gasteiger partial charge in [-0.2, -0.15) is 0 Å². The van der Waals surface area contributed by atoms with Crippen molar-refractivity contribution in [1.29, 1.82) is 0 Å². The van der Waals surface area contributed by atoms with E-state index in [0.29, 0.717) is 11.4 Å². The quantitative estimate of drug-likeness (QED) is 0.843. The maximum absolute atomic E-state index is 11.5. The van der Waals surface area contributed by atoms with Crippen LogP contribution in [0.15, 0.2) is 23.1 Å². The number of anilines is 1. The van der Waals surface area contributed by atoms with E-state index in [1.54, 1.807) is 32.2 Å². The SMILES string of the molecule is CC(Sc1ccc2c(c1)N(C)C(=O)CO2)C(=O)O. The molecule has 0 bridgehead atoms. The number of hydrogen-bond donors (Lipinski definition) is 1. The molecule has 18 heavy (non-hydrogen) atoms. The maximum atomic E-state index is 11.5. The summed E-state index contributed by atoms with van der Waals surface area (Å²) in [6.45, 7) is 1.67. The number of amides is 1. The van der Waals surface area contributed by atoms with Gasteiger partial charge in [0.05, 0.1) is 5.69 Å². The zero-order chi connectivity index (χ0) is 13.3. The average Bonchev–Trinajstić information content (AvgIpc) is 2.34. The number of carboxylic acids is 1. The van der Waals surface area contributed by atoms with Gasteiger partial charge in [-0.1, -0.05) is 0 Å². The van der Waals surface area contributed by atoms with Gasteiger partial charge in [-0.05, 0) is 25.1 Å². The third kappa shape index (κ3) is 2.43. The maximum Gasteiger partial charge on any atom is 0.316 e. The Morgan fingerprint density at radius 1 is 1.56 bits per heavy atom. The fraction of sp³-hybridized carbons (Fsp3) is 0.333. The zero-order valence-electron chi connectivity index (χ0n) is 10.0. The number of nitrogens with zero attached hydrogens (tertiary/aromatic N) is 1. The number of carbonyl (C=O) groups is 2. The molecule has 1 aromatic rings. The molecular formula is C12H13NO4S. The van der Waals surface area contributed by atoms with Gasteiger partial charge in [-0.15, -0.1) is 11.8 Å². The van der Waals surface area contributed by atoms with Gasteiger partial charge in [-0.25, -0.2) is 0 Å². The number of hydrogen-bond acceptors (Lipinski definition) is 4. The summed E-state index contributed by atoms with van der Waals surface area (Å²) in [6, 6.07) is 5.33. The molecule has 5 nitrogen and oxygen atoms in total. The van der Waals surface area contributed by atoms with Crippen LogP contribution in [0.5, 0.6) is 5.75 Å². The second-order valence-corrected chi connectivity index (χ2v) is 5.38. The van der Waals surface area contributed by atoms with Crippen molar-refractivity contribution in [3.05, 3.63) is 18.2 Å². The first kappa shape index (κ1) is 12.8. The van der Waals surface area contributed by atoms with Crippen molar-refractivity contribution in [3.63, 3.8) is 0 Å². The van der Waals surface area contributed by atoms with Crippen LogP contribution in [0.1, 0.15) is 6.92 Å². The van der Waals surface area contributed by atoms with Crippen LogP contribution in [0.3, 0.4) is 0 Å². The minimum atomic E-state index is -0.863. The van der Waals surface area contributed by atoms with E-state index >= 15 is 0 Å². The summed E-state index contributed by atoms with van der Waals surface area (Å²) in [4.78, 5) is 24.6. The summed E-state index contributed by atoms with van der Waals surface area (Å²) in [5.41, 5.74) is 0.675. The van der Waals surface area contributed by atoms with Gasteiger partial charge in [0.15, 0.2) is 6.61 Å². The van der Waals surface area contributed by atoms with Gasteiger partial charge >= 0.3 is 5.97 Å². The molecule has 0 spiro atoms. The van der Waals surface area contributed by atoms with Gasteiger partial charge in [0.2, 0.25) is 0 Å². The van der Waals surface area contributed by atoms with Gasteiger partial charge < -0.3 is 14.7 Å². The lowest BCUT2D eigenvalue weighted by Gasteiger charge is -2.26. The predicted molar refractivity (Wildman–Crippen MR) is 68.3 cm³/mol. The number of thioether (sulfide) groups is 1. The molecule has 0 aromatic heterocycles. The third-order valence-corrected chi connectivity index (χ3v) is 3.76. The number of fused-ring (bicyclic) bond motifs is 1. The van der Waals surface area contributed by atoms with Crippen LogP contribution >= 0.6 is 11.8 Å². The summed E-state index contributed by atoms with van der Waals surface area (Å²) in [6.07, 6.45) is 0. The number of rotatable bonds is 3. The topological polar surface area (TPSA) is 66.8 Å². The summed E-state index contributed by atoms with van der Waals surface area (Å²) in [5.74, 6) is -0.334. The molecule has 0 saturated carbocycles. The molecule has 0 radical (unpaired) electrons. The Morgan fingerprint density at radius 3 is 2.94 bits per heavy atom. The lowest BCUT2D eigenvalue weighted by molar-refractivity contribution is -0.136. The van der Waals surface area contributed by atoms with Crippen LogP contribution in [0.25, 0.3) is 0 Å². The molecule has 1 atom stereocenters. The van der Waals surface area contributed by atoms with Crippen molar-refractivity contribution in [2.75, 3.05) is 18.6 Å². The summed E-state index contributed by atoms with van der Waals surface area (Å²) >= 11 is 1.23. The fourth-order valence-electron chi connectivity index (χ4n) is 1.58. The lowest BCUT2D eigenvalue weighted by Crippen LogP contribution is -2.35. The number of ether oxygens (including phenoxy) is 1. The van der Waals surface area contributed by atoms with E-state index in [0.717, 1.165) is 4.90 Å². The Bertz CT molecular complexity index is 503. The molecule has 6 heteroatoms. The largest absolute Gasteiger partial charge is 0.482 e. The second kappa shape index (κ2) is 4.89. The van der Waals surface area contributed by atoms with Crippen molar-refractivity contribution >= 4 is 29.3 Å².